The van der Waals surface area contributed by atoms with Gasteiger partial charge in [-0.3, -0.25) is 0 Å². The smallest absolute Gasteiger partial charge is 0.0158 e. The summed E-state index contributed by atoms with van der Waals surface area (Å²) in [7, 11) is 0. The van der Waals surface area contributed by atoms with Gasteiger partial charge in [-0.25, -0.2) is 0 Å². The Balaban J connectivity index is 1.55. The summed E-state index contributed by atoms with van der Waals surface area (Å²) in [5.41, 5.74) is 12.0. The van der Waals surface area contributed by atoms with Crippen molar-refractivity contribution in [1.29, 1.82) is 0 Å². The maximum absolute atomic E-state index is 2.36. The fourth-order valence-electron chi connectivity index (χ4n) is 4.50. The average molecular weight is 361 g/mol. The molecule has 1 aliphatic carbocycles. The standard InChI is InChI=1S/C28H24/c1-19-8-10-20(11-9-19)21-12-14-22(15-13-21)23-16-17-27-25(18-23)24-6-4-5-7-26(24)28(27,2)3/h4-18H,1-3H3. The Morgan fingerprint density at radius 3 is 1.68 bits per heavy atom. The van der Waals surface area contributed by atoms with Gasteiger partial charge in [-0.05, 0) is 57.5 Å². The highest BCUT2D eigenvalue weighted by atomic mass is 14.4. The summed E-state index contributed by atoms with van der Waals surface area (Å²) < 4.78 is 0. The highest BCUT2D eigenvalue weighted by molar-refractivity contribution is 5.84. The molecule has 0 saturated heterocycles. The second-order valence-corrected chi connectivity index (χ2v) is 8.37. The molecule has 136 valence electrons. The van der Waals surface area contributed by atoms with Gasteiger partial charge >= 0.3 is 0 Å². The van der Waals surface area contributed by atoms with Crippen LogP contribution in [-0.4, -0.2) is 0 Å². The van der Waals surface area contributed by atoms with Gasteiger partial charge in [-0.1, -0.05) is 104 Å². The molecule has 28 heavy (non-hydrogen) atoms. The van der Waals surface area contributed by atoms with Gasteiger partial charge in [0, 0.05) is 5.41 Å². The van der Waals surface area contributed by atoms with E-state index in [1.54, 1.807) is 0 Å². The summed E-state index contributed by atoms with van der Waals surface area (Å²) in [5, 5.41) is 0. The molecular formula is C28H24. The Kier molecular flexibility index (Phi) is 3.77. The lowest BCUT2D eigenvalue weighted by Gasteiger charge is -2.21. The maximum atomic E-state index is 2.36. The van der Waals surface area contributed by atoms with Gasteiger partial charge in [0.25, 0.3) is 0 Å². The lowest BCUT2D eigenvalue weighted by atomic mass is 9.82. The lowest BCUT2D eigenvalue weighted by Crippen LogP contribution is -2.14. The van der Waals surface area contributed by atoms with E-state index in [2.05, 4.69) is 112 Å². The average Bonchev–Trinajstić information content (AvgIpc) is 2.96. The second-order valence-electron chi connectivity index (χ2n) is 8.37. The number of hydrogen-bond donors (Lipinski definition) is 0. The van der Waals surface area contributed by atoms with Gasteiger partial charge < -0.3 is 0 Å². The molecule has 4 aromatic carbocycles. The van der Waals surface area contributed by atoms with Gasteiger partial charge in [0.2, 0.25) is 0 Å². The van der Waals surface area contributed by atoms with Gasteiger partial charge in [0.15, 0.2) is 0 Å². The second kappa shape index (κ2) is 6.21. The van der Waals surface area contributed by atoms with E-state index in [9.17, 15) is 0 Å². The quantitative estimate of drug-likeness (QED) is 0.344. The van der Waals surface area contributed by atoms with Crippen molar-refractivity contribution in [2.24, 2.45) is 0 Å². The van der Waals surface area contributed by atoms with Crippen LogP contribution in [0.1, 0.15) is 30.5 Å². The number of fused-ring (bicyclic) bond motifs is 3. The molecule has 0 aromatic heterocycles. The van der Waals surface area contributed by atoms with E-state index in [-0.39, 0.29) is 5.41 Å². The van der Waals surface area contributed by atoms with Gasteiger partial charge in [0.1, 0.15) is 0 Å². The van der Waals surface area contributed by atoms with Crippen LogP contribution in [0.15, 0.2) is 91.0 Å². The zero-order chi connectivity index (χ0) is 19.3. The SMILES string of the molecule is Cc1ccc(-c2ccc(-c3ccc4c(c3)-c3ccccc3C4(C)C)cc2)cc1. The largest absolute Gasteiger partial charge is 0.0619 e. The molecule has 0 nitrogen and oxygen atoms in total. The Hall–Kier alpha value is -3.12. The summed E-state index contributed by atoms with van der Waals surface area (Å²) in [5.74, 6) is 0. The van der Waals surface area contributed by atoms with Crippen LogP contribution in [0, 0.1) is 6.92 Å². The minimum atomic E-state index is 0.0692. The Morgan fingerprint density at radius 1 is 0.500 bits per heavy atom. The summed E-state index contributed by atoms with van der Waals surface area (Å²) in [6.45, 7) is 6.78. The van der Waals surface area contributed by atoms with Crippen molar-refractivity contribution in [3.8, 4) is 33.4 Å². The summed E-state index contributed by atoms with van der Waals surface area (Å²) in [6, 6.07) is 33.4. The lowest BCUT2D eigenvalue weighted by molar-refractivity contribution is 0.660. The first-order valence-electron chi connectivity index (χ1n) is 9.96. The molecule has 0 bridgehead atoms. The van der Waals surface area contributed by atoms with Crippen molar-refractivity contribution < 1.29 is 0 Å². The summed E-state index contributed by atoms with van der Waals surface area (Å²) >= 11 is 0. The highest BCUT2D eigenvalue weighted by Gasteiger charge is 2.34. The Bertz CT molecular complexity index is 1160. The molecular weight excluding hydrogens is 336 g/mol. The Labute approximate surface area is 167 Å². The molecule has 4 aromatic rings. The minimum absolute atomic E-state index is 0.0692. The zero-order valence-electron chi connectivity index (χ0n) is 16.7. The molecule has 0 N–H and O–H groups in total. The van der Waals surface area contributed by atoms with Crippen LogP contribution in [0.25, 0.3) is 33.4 Å². The Morgan fingerprint density at radius 2 is 1.00 bits per heavy atom. The molecule has 0 heterocycles. The van der Waals surface area contributed by atoms with E-state index in [1.165, 1.54) is 50.1 Å². The van der Waals surface area contributed by atoms with Crippen molar-refractivity contribution in [2.45, 2.75) is 26.2 Å². The first kappa shape index (κ1) is 17.0. The minimum Gasteiger partial charge on any atom is -0.0619 e. The van der Waals surface area contributed by atoms with Crippen LogP contribution < -0.4 is 0 Å². The molecule has 0 fully saturated rings. The number of aryl methyl sites for hydroxylation is 1. The molecule has 0 radical (unpaired) electrons. The van der Waals surface area contributed by atoms with Crippen LogP contribution in [-0.2, 0) is 5.41 Å². The topological polar surface area (TPSA) is 0 Å². The van der Waals surface area contributed by atoms with Crippen molar-refractivity contribution in [3.63, 3.8) is 0 Å². The molecule has 0 heteroatoms. The summed E-state index contributed by atoms with van der Waals surface area (Å²) in [4.78, 5) is 0. The van der Waals surface area contributed by atoms with E-state index in [4.69, 9.17) is 0 Å². The fraction of sp³-hybridized carbons (Fsp3) is 0.143. The molecule has 5 rings (SSSR count). The van der Waals surface area contributed by atoms with Crippen LogP contribution in [0.3, 0.4) is 0 Å². The van der Waals surface area contributed by atoms with Gasteiger partial charge in [-0.15, -0.1) is 0 Å². The van der Waals surface area contributed by atoms with Gasteiger partial charge in [-0.2, -0.15) is 0 Å². The first-order valence-corrected chi connectivity index (χ1v) is 9.96. The molecule has 0 atom stereocenters. The van der Waals surface area contributed by atoms with E-state index < -0.39 is 0 Å². The molecule has 0 spiro atoms. The van der Waals surface area contributed by atoms with Crippen molar-refractivity contribution >= 4 is 0 Å². The molecule has 0 amide bonds. The predicted molar refractivity (Wildman–Crippen MR) is 120 cm³/mol. The van der Waals surface area contributed by atoms with E-state index >= 15 is 0 Å². The molecule has 0 aliphatic heterocycles. The van der Waals surface area contributed by atoms with Crippen LogP contribution in [0.2, 0.25) is 0 Å². The van der Waals surface area contributed by atoms with E-state index in [0.29, 0.717) is 0 Å². The summed E-state index contributed by atoms with van der Waals surface area (Å²) in [6.07, 6.45) is 0. The van der Waals surface area contributed by atoms with Crippen LogP contribution >= 0.6 is 0 Å². The fourth-order valence-corrected chi connectivity index (χ4v) is 4.50. The monoisotopic (exact) mass is 360 g/mol. The number of rotatable bonds is 2. The zero-order valence-corrected chi connectivity index (χ0v) is 16.7. The van der Waals surface area contributed by atoms with Crippen molar-refractivity contribution in [1.82, 2.24) is 0 Å². The van der Waals surface area contributed by atoms with Crippen molar-refractivity contribution in [3.05, 3.63) is 108 Å². The normalized spacial score (nSPS) is 13.8. The molecule has 0 saturated carbocycles. The third kappa shape index (κ3) is 2.60. The third-order valence-electron chi connectivity index (χ3n) is 6.19. The van der Waals surface area contributed by atoms with Gasteiger partial charge in [0.05, 0.1) is 0 Å². The van der Waals surface area contributed by atoms with Crippen LogP contribution in [0.4, 0.5) is 0 Å². The van der Waals surface area contributed by atoms with E-state index in [1.807, 2.05) is 0 Å². The molecule has 0 unspecified atom stereocenters. The number of benzene rings is 4. The highest BCUT2D eigenvalue weighted by Crippen LogP contribution is 2.49. The van der Waals surface area contributed by atoms with Crippen molar-refractivity contribution in [2.75, 3.05) is 0 Å². The maximum Gasteiger partial charge on any atom is 0.0158 e. The molecule has 1 aliphatic rings. The van der Waals surface area contributed by atoms with Crippen LogP contribution in [0.5, 0.6) is 0 Å². The number of hydrogen-bond acceptors (Lipinski definition) is 0. The third-order valence-corrected chi connectivity index (χ3v) is 6.19. The first-order chi connectivity index (χ1) is 13.5. The predicted octanol–water partition coefficient (Wildman–Crippen LogP) is 7.64. The van der Waals surface area contributed by atoms with E-state index in [0.717, 1.165) is 0 Å².